The van der Waals surface area contributed by atoms with Crippen molar-refractivity contribution in [2.75, 3.05) is 13.7 Å². The van der Waals surface area contributed by atoms with Gasteiger partial charge in [0.25, 0.3) is 5.89 Å². The van der Waals surface area contributed by atoms with E-state index in [0.717, 1.165) is 0 Å². The molecule has 0 radical (unpaired) electrons. The summed E-state index contributed by atoms with van der Waals surface area (Å²) < 4.78 is 41.9. The topological polar surface area (TPSA) is 121 Å². The summed E-state index contributed by atoms with van der Waals surface area (Å²) in [5.41, 5.74) is 0.732. The molecule has 0 saturated carbocycles. The minimum absolute atomic E-state index is 0.0532. The van der Waals surface area contributed by atoms with Crippen LogP contribution in [0, 0.1) is 12.3 Å². The summed E-state index contributed by atoms with van der Waals surface area (Å²) in [7, 11) is -2.26. The molecule has 1 heterocycles. The van der Waals surface area contributed by atoms with Gasteiger partial charge in [-0.2, -0.15) is 9.71 Å². The second-order valence-corrected chi connectivity index (χ2v) is 7.64. The highest BCUT2D eigenvalue weighted by molar-refractivity contribution is 7.89. The zero-order valence-electron chi connectivity index (χ0n) is 15.9. The van der Waals surface area contributed by atoms with Crippen molar-refractivity contribution in [3.8, 4) is 29.5 Å². The van der Waals surface area contributed by atoms with Crippen molar-refractivity contribution < 1.29 is 27.2 Å². The summed E-state index contributed by atoms with van der Waals surface area (Å²) in [4.78, 5) is 16.4. The van der Waals surface area contributed by atoms with Crippen LogP contribution in [0.2, 0.25) is 0 Å². The Kier molecular flexibility index (Phi) is 6.46. The molecule has 2 aromatic carbocycles. The summed E-state index contributed by atoms with van der Waals surface area (Å²) in [5.74, 6) is 2.55. The van der Waals surface area contributed by atoms with Crippen LogP contribution in [-0.4, -0.2) is 38.2 Å². The van der Waals surface area contributed by atoms with Crippen LogP contribution >= 0.6 is 0 Å². The first kappa shape index (κ1) is 21.0. The van der Waals surface area contributed by atoms with Gasteiger partial charge < -0.3 is 14.0 Å². The van der Waals surface area contributed by atoms with Crippen LogP contribution in [0.25, 0.3) is 11.5 Å². The molecule has 0 aliphatic carbocycles. The van der Waals surface area contributed by atoms with Crippen molar-refractivity contribution in [3.63, 3.8) is 0 Å². The molecule has 0 aliphatic rings. The molecular formula is C20H17N3O6S. The summed E-state index contributed by atoms with van der Waals surface area (Å²) in [6, 6.07) is 12.4. The van der Waals surface area contributed by atoms with E-state index in [1.165, 1.54) is 24.3 Å². The third-order valence-corrected chi connectivity index (χ3v) is 5.28. The number of hydrogen-bond donors (Lipinski definition) is 1. The quantitative estimate of drug-likeness (QED) is 0.428. The van der Waals surface area contributed by atoms with E-state index < -0.39 is 16.0 Å². The Morgan fingerprint density at radius 2 is 2.00 bits per heavy atom. The largest absolute Gasteiger partial charge is 0.497 e. The molecule has 154 valence electrons. The summed E-state index contributed by atoms with van der Waals surface area (Å²) in [6.45, 7) is -0.407. The van der Waals surface area contributed by atoms with Gasteiger partial charge in [0, 0.05) is 5.56 Å². The Balaban J connectivity index is 1.65. The maximum absolute atomic E-state index is 12.3. The zero-order chi connectivity index (χ0) is 21.6. The Hall–Kier alpha value is -3.68. The second-order valence-electron chi connectivity index (χ2n) is 5.88. The molecule has 0 aliphatic heterocycles. The number of hydrogen-bond acceptors (Lipinski definition) is 8. The maximum Gasteiger partial charge on any atom is 0.338 e. The Labute approximate surface area is 173 Å². The smallest absolute Gasteiger partial charge is 0.338 e. The molecule has 0 unspecified atom stereocenters. The number of terminal acetylenes is 1. The van der Waals surface area contributed by atoms with Crippen LogP contribution in [0.1, 0.15) is 16.2 Å². The van der Waals surface area contributed by atoms with Crippen LogP contribution in [0.4, 0.5) is 0 Å². The predicted molar refractivity (Wildman–Crippen MR) is 106 cm³/mol. The van der Waals surface area contributed by atoms with Gasteiger partial charge in [-0.3, -0.25) is 0 Å². The molecule has 0 fully saturated rings. The molecule has 9 nitrogen and oxygen atoms in total. The molecule has 0 atom stereocenters. The molecule has 3 rings (SSSR count). The fraction of sp³-hybridized carbons (Fsp3) is 0.150. The van der Waals surface area contributed by atoms with Crippen LogP contribution in [-0.2, 0) is 21.4 Å². The average molecular weight is 427 g/mol. The minimum atomic E-state index is -3.83. The molecule has 0 spiro atoms. The van der Waals surface area contributed by atoms with Crippen molar-refractivity contribution in [1.82, 2.24) is 14.9 Å². The lowest BCUT2D eigenvalue weighted by atomic mass is 10.2. The summed E-state index contributed by atoms with van der Waals surface area (Å²) >= 11 is 0. The van der Waals surface area contributed by atoms with E-state index in [0.29, 0.717) is 11.3 Å². The van der Waals surface area contributed by atoms with Crippen molar-refractivity contribution in [2.24, 2.45) is 0 Å². The van der Waals surface area contributed by atoms with Gasteiger partial charge in [0.1, 0.15) is 5.75 Å². The van der Waals surface area contributed by atoms with Gasteiger partial charge in [-0.05, 0) is 42.5 Å². The summed E-state index contributed by atoms with van der Waals surface area (Å²) in [5, 5.41) is 3.77. The number of nitrogens with one attached hydrogen (secondary N) is 1. The van der Waals surface area contributed by atoms with Gasteiger partial charge >= 0.3 is 5.97 Å². The first-order chi connectivity index (χ1) is 14.4. The lowest BCUT2D eigenvalue weighted by Crippen LogP contribution is -2.24. The van der Waals surface area contributed by atoms with E-state index in [2.05, 4.69) is 20.8 Å². The van der Waals surface area contributed by atoms with Crippen LogP contribution in [0.5, 0.6) is 5.75 Å². The van der Waals surface area contributed by atoms with E-state index >= 15 is 0 Å². The third-order valence-electron chi connectivity index (χ3n) is 3.88. The SMILES string of the molecule is C#CCNS(=O)(=O)c1cccc(C(=O)OCc2noc(-c3ccc(OC)cc3)n2)c1. The highest BCUT2D eigenvalue weighted by Gasteiger charge is 2.17. The number of methoxy groups -OCH3 is 1. The van der Waals surface area contributed by atoms with Crippen molar-refractivity contribution >= 4 is 16.0 Å². The van der Waals surface area contributed by atoms with Crippen molar-refractivity contribution in [2.45, 2.75) is 11.5 Å². The van der Waals surface area contributed by atoms with E-state index in [1.807, 2.05) is 0 Å². The second kappa shape index (κ2) is 9.21. The van der Waals surface area contributed by atoms with E-state index in [9.17, 15) is 13.2 Å². The maximum atomic E-state index is 12.3. The Morgan fingerprint density at radius 3 is 2.70 bits per heavy atom. The average Bonchev–Trinajstić information content (AvgIpc) is 3.25. The number of esters is 1. The van der Waals surface area contributed by atoms with Gasteiger partial charge in [-0.25, -0.2) is 13.2 Å². The number of aromatic nitrogens is 2. The molecule has 0 saturated heterocycles. The highest BCUT2D eigenvalue weighted by atomic mass is 32.2. The van der Waals surface area contributed by atoms with Crippen LogP contribution in [0.3, 0.4) is 0 Å². The Morgan fingerprint density at radius 1 is 1.23 bits per heavy atom. The van der Waals surface area contributed by atoms with E-state index in [-0.39, 0.29) is 35.3 Å². The van der Waals surface area contributed by atoms with Gasteiger partial charge in [0.15, 0.2) is 6.61 Å². The number of benzene rings is 2. The number of carbonyl (C=O) groups excluding carboxylic acids is 1. The minimum Gasteiger partial charge on any atom is -0.497 e. The molecule has 1 aromatic heterocycles. The summed E-state index contributed by atoms with van der Waals surface area (Å²) in [6.07, 6.45) is 5.06. The first-order valence-corrected chi connectivity index (χ1v) is 10.1. The van der Waals surface area contributed by atoms with Gasteiger partial charge in [-0.15, -0.1) is 6.42 Å². The molecule has 0 amide bonds. The van der Waals surface area contributed by atoms with Crippen LogP contribution in [0.15, 0.2) is 57.9 Å². The highest BCUT2D eigenvalue weighted by Crippen LogP contribution is 2.21. The van der Waals surface area contributed by atoms with E-state index in [4.69, 9.17) is 20.4 Å². The molecule has 10 heteroatoms. The van der Waals surface area contributed by atoms with E-state index in [1.54, 1.807) is 31.4 Å². The van der Waals surface area contributed by atoms with Crippen molar-refractivity contribution in [3.05, 3.63) is 59.9 Å². The molecule has 0 bridgehead atoms. The number of sulfonamides is 1. The number of ether oxygens (including phenoxy) is 2. The third kappa shape index (κ3) is 5.02. The molecule has 30 heavy (non-hydrogen) atoms. The fourth-order valence-electron chi connectivity index (χ4n) is 2.39. The standard InChI is InChI=1S/C20H17N3O6S/c1-3-11-21-30(25,26)17-6-4-5-15(12-17)20(24)28-13-18-22-19(29-23-18)14-7-9-16(27-2)10-8-14/h1,4-10,12,21H,11,13H2,2H3. The van der Waals surface area contributed by atoms with Crippen LogP contribution < -0.4 is 9.46 Å². The van der Waals surface area contributed by atoms with Crippen molar-refractivity contribution in [1.29, 1.82) is 0 Å². The normalized spacial score (nSPS) is 10.9. The Bertz CT molecular complexity index is 1180. The van der Waals surface area contributed by atoms with Gasteiger partial charge in [0.2, 0.25) is 15.8 Å². The number of nitrogens with zero attached hydrogens (tertiary/aromatic N) is 2. The number of rotatable bonds is 8. The monoisotopic (exact) mass is 427 g/mol. The zero-order valence-corrected chi connectivity index (χ0v) is 16.7. The fourth-order valence-corrected chi connectivity index (χ4v) is 3.37. The predicted octanol–water partition coefficient (Wildman–Crippen LogP) is 2.01. The molecule has 1 N–H and O–H groups in total. The van der Waals surface area contributed by atoms with Gasteiger partial charge in [-0.1, -0.05) is 17.1 Å². The molecule has 3 aromatic rings. The molecular weight excluding hydrogens is 410 g/mol. The lowest BCUT2D eigenvalue weighted by molar-refractivity contribution is 0.0459. The van der Waals surface area contributed by atoms with Gasteiger partial charge in [0.05, 0.1) is 24.1 Å². The number of carbonyl (C=O) groups is 1. The lowest BCUT2D eigenvalue weighted by Gasteiger charge is -2.06. The first-order valence-electron chi connectivity index (χ1n) is 8.60.